The van der Waals surface area contributed by atoms with Crippen molar-refractivity contribution in [1.29, 1.82) is 0 Å². The van der Waals surface area contributed by atoms with Crippen LogP contribution in [0, 0.1) is 6.92 Å². The highest BCUT2D eigenvalue weighted by molar-refractivity contribution is 9.10. The quantitative estimate of drug-likeness (QED) is 0.885. The number of hydrogen-bond donors (Lipinski definition) is 1. The third-order valence-corrected chi connectivity index (χ3v) is 4.85. The molecule has 0 aliphatic carbocycles. The van der Waals surface area contributed by atoms with Crippen LogP contribution in [0.5, 0.6) is 0 Å². The van der Waals surface area contributed by atoms with Gasteiger partial charge in [0.2, 0.25) is 0 Å². The SMILES string of the molecule is Cc1cnc(C(C)NC(=O)c2ccc(Cl)c(Br)c2)s1. The van der Waals surface area contributed by atoms with Gasteiger partial charge in [0.15, 0.2) is 0 Å². The predicted octanol–water partition coefficient (Wildman–Crippen LogP) is 4.36. The van der Waals surface area contributed by atoms with Crippen molar-refractivity contribution in [1.82, 2.24) is 10.3 Å². The monoisotopic (exact) mass is 358 g/mol. The van der Waals surface area contributed by atoms with Crippen LogP contribution in [0.3, 0.4) is 0 Å². The molecule has 1 amide bonds. The lowest BCUT2D eigenvalue weighted by Gasteiger charge is -2.11. The number of nitrogens with zero attached hydrogens (tertiary/aromatic N) is 1. The summed E-state index contributed by atoms with van der Waals surface area (Å²) in [6, 6.07) is 4.99. The molecule has 100 valence electrons. The van der Waals surface area contributed by atoms with Crippen LogP contribution < -0.4 is 5.32 Å². The molecule has 6 heteroatoms. The van der Waals surface area contributed by atoms with Crippen molar-refractivity contribution >= 4 is 44.8 Å². The van der Waals surface area contributed by atoms with Gasteiger partial charge < -0.3 is 5.32 Å². The minimum Gasteiger partial charge on any atom is -0.343 e. The number of halogens is 2. The molecule has 1 atom stereocenters. The number of rotatable bonds is 3. The average Bonchev–Trinajstić information content (AvgIpc) is 2.79. The Morgan fingerprint density at radius 3 is 2.84 bits per heavy atom. The number of aromatic nitrogens is 1. The zero-order valence-corrected chi connectivity index (χ0v) is 13.6. The summed E-state index contributed by atoms with van der Waals surface area (Å²) >= 11 is 10.8. The van der Waals surface area contributed by atoms with Crippen LogP contribution in [-0.2, 0) is 0 Å². The fraction of sp³-hybridized carbons (Fsp3) is 0.231. The summed E-state index contributed by atoms with van der Waals surface area (Å²) in [5.74, 6) is -0.141. The molecule has 0 spiro atoms. The molecule has 0 fully saturated rings. The second-order valence-corrected chi connectivity index (χ2v) is 6.66. The van der Waals surface area contributed by atoms with Crippen molar-refractivity contribution in [2.75, 3.05) is 0 Å². The normalized spacial score (nSPS) is 12.2. The Bertz CT molecular complexity index is 614. The van der Waals surface area contributed by atoms with Gasteiger partial charge in [-0.3, -0.25) is 4.79 Å². The first-order valence-corrected chi connectivity index (χ1v) is 7.64. The summed E-state index contributed by atoms with van der Waals surface area (Å²) in [5.41, 5.74) is 0.566. The number of thiazole rings is 1. The lowest BCUT2D eigenvalue weighted by atomic mass is 10.2. The highest BCUT2D eigenvalue weighted by Crippen LogP contribution is 2.24. The van der Waals surface area contributed by atoms with Gasteiger partial charge in [0.1, 0.15) is 5.01 Å². The van der Waals surface area contributed by atoms with Gasteiger partial charge in [0, 0.05) is 21.1 Å². The van der Waals surface area contributed by atoms with E-state index < -0.39 is 0 Å². The van der Waals surface area contributed by atoms with E-state index in [1.54, 1.807) is 29.5 Å². The number of amides is 1. The van der Waals surface area contributed by atoms with Crippen LogP contribution in [0.25, 0.3) is 0 Å². The van der Waals surface area contributed by atoms with Crippen LogP contribution in [0.1, 0.15) is 33.2 Å². The van der Waals surface area contributed by atoms with Crippen molar-refractivity contribution in [3.63, 3.8) is 0 Å². The van der Waals surface area contributed by atoms with Crippen molar-refractivity contribution in [2.24, 2.45) is 0 Å². The molecule has 3 nitrogen and oxygen atoms in total. The van der Waals surface area contributed by atoms with E-state index in [9.17, 15) is 4.79 Å². The van der Waals surface area contributed by atoms with Crippen LogP contribution in [0.2, 0.25) is 5.02 Å². The number of carbonyl (C=O) groups is 1. The Morgan fingerprint density at radius 1 is 1.53 bits per heavy atom. The number of carbonyl (C=O) groups excluding carboxylic acids is 1. The molecule has 1 aromatic heterocycles. The summed E-state index contributed by atoms with van der Waals surface area (Å²) in [4.78, 5) is 17.5. The maximum Gasteiger partial charge on any atom is 0.251 e. The molecule has 1 heterocycles. The van der Waals surface area contributed by atoms with Gasteiger partial charge >= 0.3 is 0 Å². The molecule has 2 aromatic rings. The maximum absolute atomic E-state index is 12.1. The Kier molecular flexibility index (Phi) is 4.60. The third-order valence-electron chi connectivity index (χ3n) is 2.54. The molecule has 1 N–H and O–H groups in total. The summed E-state index contributed by atoms with van der Waals surface area (Å²) in [6.07, 6.45) is 1.81. The van der Waals surface area contributed by atoms with Gasteiger partial charge in [-0.1, -0.05) is 11.6 Å². The third kappa shape index (κ3) is 3.55. The highest BCUT2D eigenvalue weighted by atomic mass is 79.9. The molecule has 0 radical (unpaired) electrons. The number of aryl methyl sites for hydroxylation is 1. The molecule has 1 aromatic carbocycles. The first kappa shape index (κ1) is 14.5. The van der Waals surface area contributed by atoms with Crippen molar-refractivity contribution in [3.8, 4) is 0 Å². The first-order chi connectivity index (χ1) is 8.97. The smallest absolute Gasteiger partial charge is 0.251 e. The molecular formula is C13H12BrClN2OS. The second kappa shape index (κ2) is 6.03. The molecule has 0 saturated heterocycles. The van der Waals surface area contributed by atoms with Gasteiger partial charge in [-0.05, 0) is 48.0 Å². The van der Waals surface area contributed by atoms with Crippen LogP contribution in [0.15, 0.2) is 28.9 Å². The van der Waals surface area contributed by atoms with Gasteiger partial charge in [0.25, 0.3) is 5.91 Å². The molecule has 1 unspecified atom stereocenters. The predicted molar refractivity (Wildman–Crippen MR) is 81.9 cm³/mol. The Hall–Kier alpha value is -0.910. The van der Waals surface area contributed by atoms with Crippen molar-refractivity contribution in [3.05, 3.63) is 49.3 Å². The summed E-state index contributed by atoms with van der Waals surface area (Å²) in [6.45, 7) is 3.91. The van der Waals surface area contributed by atoms with Gasteiger partial charge in [-0.15, -0.1) is 11.3 Å². The average molecular weight is 360 g/mol. The molecule has 0 bridgehead atoms. The zero-order valence-electron chi connectivity index (χ0n) is 10.4. The minimum atomic E-state index is -0.141. The van der Waals surface area contributed by atoms with Crippen molar-refractivity contribution in [2.45, 2.75) is 19.9 Å². The Balaban J connectivity index is 2.10. The summed E-state index contributed by atoms with van der Waals surface area (Å²) in [7, 11) is 0. The van der Waals surface area contributed by atoms with Gasteiger partial charge in [0.05, 0.1) is 11.1 Å². The Morgan fingerprint density at radius 2 is 2.26 bits per heavy atom. The van der Waals surface area contributed by atoms with Crippen LogP contribution in [-0.4, -0.2) is 10.9 Å². The van der Waals surface area contributed by atoms with E-state index in [0.29, 0.717) is 15.1 Å². The fourth-order valence-electron chi connectivity index (χ4n) is 1.55. The van der Waals surface area contributed by atoms with E-state index in [-0.39, 0.29) is 11.9 Å². The molecular weight excluding hydrogens is 348 g/mol. The number of hydrogen-bond acceptors (Lipinski definition) is 3. The molecule has 19 heavy (non-hydrogen) atoms. The van der Waals surface area contributed by atoms with E-state index in [1.807, 2.05) is 20.0 Å². The minimum absolute atomic E-state index is 0.111. The van der Waals surface area contributed by atoms with Crippen LogP contribution in [0.4, 0.5) is 0 Å². The first-order valence-electron chi connectivity index (χ1n) is 5.65. The standard InChI is InChI=1S/C13H12BrClN2OS/c1-7-6-16-13(19-7)8(2)17-12(18)9-3-4-11(15)10(14)5-9/h3-6,8H,1-2H3,(H,17,18). The molecule has 0 aliphatic heterocycles. The van der Waals surface area contributed by atoms with E-state index >= 15 is 0 Å². The maximum atomic E-state index is 12.1. The second-order valence-electron chi connectivity index (χ2n) is 4.13. The fourth-order valence-corrected chi connectivity index (χ4v) is 2.82. The van der Waals surface area contributed by atoms with Gasteiger partial charge in [-0.25, -0.2) is 4.98 Å². The van der Waals surface area contributed by atoms with Crippen LogP contribution >= 0.6 is 38.9 Å². The number of nitrogens with one attached hydrogen (secondary N) is 1. The number of benzene rings is 1. The topological polar surface area (TPSA) is 42.0 Å². The molecule has 2 rings (SSSR count). The van der Waals surface area contributed by atoms with Crippen molar-refractivity contribution < 1.29 is 4.79 Å². The highest BCUT2D eigenvalue weighted by Gasteiger charge is 2.14. The zero-order chi connectivity index (χ0) is 14.0. The molecule has 0 aliphatic rings. The summed E-state index contributed by atoms with van der Waals surface area (Å²) in [5, 5.41) is 4.40. The van der Waals surface area contributed by atoms with Gasteiger partial charge in [-0.2, -0.15) is 0 Å². The van der Waals surface area contributed by atoms with E-state index in [1.165, 1.54) is 0 Å². The molecule has 0 saturated carbocycles. The summed E-state index contributed by atoms with van der Waals surface area (Å²) < 4.78 is 0.708. The van der Waals surface area contributed by atoms with E-state index in [4.69, 9.17) is 11.6 Å². The largest absolute Gasteiger partial charge is 0.343 e. The lowest BCUT2D eigenvalue weighted by molar-refractivity contribution is 0.0940. The Labute approximate surface area is 129 Å². The van der Waals surface area contributed by atoms with E-state index in [0.717, 1.165) is 9.88 Å². The van der Waals surface area contributed by atoms with E-state index in [2.05, 4.69) is 26.2 Å². The lowest BCUT2D eigenvalue weighted by Crippen LogP contribution is -2.26.